The number of hydrogen-bond acceptors (Lipinski definition) is 3. The monoisotopic (exact) mass is 369 g/mol. The lowest BCUT2D eigenvalue weighted by Gasteiger charge is -2.33. The number of piperidine rings is 1. The zero-order valence-corrected chi connectivity index (χ0v) is 12.7. The molecule has 1 aromatic heterocycles. The Morgan fingerprint density at radius 2 is 2.35 bits per heavy atom. The molecule has 17 heavy (non-hydrogen) atoms. The van der Waals surface area contributed by atoms with E-state index in [2.05, 4.69) is 32.8 Å². The first-order chi connectivity index (χ1) is 8.06. The summed E-state index contributed by atoms with van der Waals surface area (Å²) in [7, 11) is -3.13. The van der Waals surface area contributed by atoms with Gasteiger partial charge in [0.1, 0.15) is 0 Å². The number of nitrogens with one attached hydrogen (secondary N) is 1. The van der Waals surface area contributed by atoms with E-state index in [1.807, 2.05) is 0 Å². The van der Waals surface area contributed by atoms with E-state index in [1.54, 1.807) is 17.4 Å². The number of H-pyrrole nitrogens is 1. The van der Waals surface area contributed by atoms with Gasteiger partial charge in [0.2, 0.25) is 10.0 Å². The average Bonchev–Trinajstić information content (AvgIpc) is 2.75. The van der Waals surface area contributed by atoms with Gasteiger partial charge >= 0.3 is 0 Å². The molecule has 0 spiro atoms. The maximum Gasteiger partial charge on any atom is 0.214 e. The highest BCUT2D eigenvalue weighted by Crippen LogP contribution is 2.34. The number of aromatic amines is 1. The zero-order valence-electron chi connectivity index (χ0n) is 9.69. The first kappa shape index (κ1) is 13.3. The van der Waals surface area contributed by atoms with Crippen LogP contribution in [0.2, 0.25) is 0 Å². The van der Waals surface area contributed by atoms with Gasteiger partial charge in [0, 0.05) is 6.54 Å². The van der Waals surface area contributed by atoms with Crippen molar-refractivity contribution in [2.24, 2.45) is 0 Å². The Labute approximate surface area is 115 Å². The molecule has 7 heteroatoms. The highest BCUT2D eigenvalue weighted by Gasteiger charge is 2.33. The summed E-state index contributed by atoms with van der Waals surface area (Å²) in [6, 6.07) is -0.0666. The topological polar surface area (TPSA) is 66.1 Å². The van der Waals surface area contributed by atoms with Gasteiger partial charge in [0.25, 0.3) is 0 Å². The molecule has 0 radical (unpaired) electrons. The van der Waals surface area contributed by atoms with Gasteiger partial charge in [-0.15, -0.1) is 0 Å². The summed E-state index contributed by atoms with van der Waals surface area (Å²) in [6.07, 6.45) is 4.62. The number of sulfonamides is 1. The lowest BCUT2D eigenvalue weighted by molar-refractivity contribution is 0.251. The molecule has 1 aliphatic rings. The van der Waals surface area contributed by atoms with Crippen molar-refractivity contribution >= 4 is 32.6 Å². The van der Waals surface area contributed by atoms with E-state index in [1.165, 1.54) is 0 Å². The number of halogens is 1. The van der Waals surface area contributed by atoms with E-state index < -0.39 is 10.0 Å². The third kappa shape index (κ3) is 2.65. The van der Waals surface area contributed by atoms with E-state index >= 15 is 0 Å². The number of hydrogen-bond donors (Lipinski definition) is 1. The summed E-state index contributed by atoms with van der Waals surface area (Å²) < 4.78 is 26.8. The van der Waals surface area contributed by atoms with Crippen LogP contribution in [-0.4, -0.2) is 35.2 Å². The SMILES string of the molecule is CCS(=O)(=O)N1CCCCC1c1[nH]ncc1I. The molecular weight excluding hydrogens is 353 g/mol. The van der Waals surface area contributed by atoms with Gasteiger partial charge in [-0.2, -0.15) is 9.40 Å². The molecule has 0 aliphatic carbocycles. The second-order valence-corrected chi connectivity index (χ2v) is 7.53. The molecule has 1 saturated heterocycles. The standard InChI is InChI=1S/C10H16IN3O2S/c1-2-17(15,16)14-6-4-3-5-9(14)10-8(11)7-12-13-10/h7,9H,2-6H2,1H3,(H,12,13). The molecule has 1 unspecified atom stereocenters. The highest BCUT2D eigenvalue weighted by molar-refractivity contribution is 14.1. The van der Waals surface area contributed by atoms with Crippen LogP contribution >= 0.6 is 22.6 Å². The Morgan fingerprint density at radius 3 is 2.94 bits per heavy atom. The summed E-state index contributed by atoms with van der Waals surface area (Å²) in [4.78, 5) is 0. The molecule has 0 amide bonds. The molecule has 2 heterocycles. The summed E-state index contributed by atoms with van der Waals surface area (Å²) in [5, 5.41) is 6.92. The normalized spacial score (nSPS) is 22.8. The maximum absolute atomic E-state index is 12.1. The molecule has 1 atom stereocenters. The molecule has 2 rings (SSSR count). The van der Waals surface area contributed by atoms with Crippen LogP contribution in [0.3, 0.4) is 0 Å². The van der Waals surface area contributed by atoms with E-state index in [4.69, 9.17) is 0 Å². The van der Waals surface area contributed by atoms with Gasteiger partial charge < -0.3 is 0 Å². The van der Waals surface area contributed by atoms with Crippen molar-refractivity contribution in [3.63, 3.8) is 0 Å². The second-order valence-electron chi connectivity index (χ2n) is 4.15. The van der Waals surface area contributed by atoms with Crippen LogP contribution in [0.5, 0.6) is 0 Å². The van der Waals surface area contributed by atoms with Crippen LogP contribution in [0, 0.1) is 3.57 Å². The van der Waals surface area contributed by atoms with Crippen LogP contribution in [0.25, 0.3) is 0 Å². The van der Waals surface area contributed by atoms with E-state index in [0.29, 0.717) is 6.54 Å². The van der Waals surface area contributed by atoms with Crippen molar-refractivity contribution in [1.29, 1.82) is 0 Å². The van der Waals surface area contributed by atoms with Crippen LogP contribution in [0.1, 0.15) is 37.9 Å². The van der Waals surface area contributed by atoms with Gasteiger partial charge in [0.15, 0.2) is 0 Å². The minimum Gasteiger partial charge on any atom is -0.280 e. The minimum atomic E-state index is -3.13. The summed E-state index contributed by atoms with van der Waals surface area (Å²) >= 11 is 2.19. The summed E-state index contributed by atoms with van der Waals surface area (Å²) in [5.74, 6) is 0.161. The quantitative estimate of drug-likeness (QED) is 0.828. The van der Waals surface area contributed by atoms with E-state index in [0.717, 1.165) is 28.5 Å². The molecule has 5 nitrogen and oxygen atoms in total. The largest absolute Gasteiger partial charge is 0.280 e. The Hall–Kier alpha value is -0.150. The molecule has 1 aliphatic heterocycles. The predicted octanol–water partition coefficient (Wildman–Crippen LogP) is 1.89. The van der Waals surface area contributed by atoms with Crippen molar-refractivity contribution in [3.05, 3.63) is 15.5 Å². The predicted molar refractivity (Wildman–Crippen MR) is 74.1 cm³/mol. The number of nitrogens with zero attached hydrogens (tertiary/aromatic N) is 2. The van der Waals surface area contributed by atoms with Crippen molar-refractivity contribution in [2.45, 2.75) is 32.2 Å². The Balaban J connectivity index is 2.34. The fourth-order valence-electron chi connectivity index (χ4n) is 2.21. The van der Waals surface area contributed by atoms with Gasteiger partial charge in [-0.3, -0.25) is 5.10 Å². The molecule has 96 valence electrons. The van der Waals surface area contributed by atoms with E-state index in [9.17, 15) is 8.42 Å². The highest BCUT2D eigenvalue weighted by atomic mass is 127. The van der Waals surface area contributed by atoms with Crippen LogP contribution in [-0.2, 0) is 10.0 Å². The van der Waals surface area contributed by atoms with Gasteiger partial charge in [-0.25, -0.2) is 8.42 Å². The Bertz CT molecular complexity index is 485. The third-order valence-electron chi connectivity index (χ3n) is 3.13. The lowest BCUT2D eigenvalue weighted by atomic mass is 10.0. The molecule has 1 fully saturated rings. The molecule has 0 bridgehead atoms. The summed E-state index contributed by atoms with van der Waals surface area (Å²) in [6.45, 7) is 2.31. The second kappa shape index (κ2) is 5.23. The Morgan fingerprint density at radius 1 is 1.59 bits per heavy atom. The first-order valence-electron chi connectivity index (χ1n) is 5.74. The molecule has 1 aromatic rings. The van der Waals surface area contributed by atoms with Gasteiger partial charge in [-0.05, 0) is 42.4 Å². The first-order valence-corrected chi connectivity index (χ1v) is 8.43. The number of aromatic nitrogens is 2. The Kier molecular flexibility index (Phi) is 4.09. The zero-order chi connectivity index (χ0) is 12.5. The minimum absolute atomic E-state index is 0.0666. The summed E-state index contributed by atoms with van der Waals surface area (Å²) in [5.41, 5.74) is 0.933. The van der Waals surface area contributed by atoms with E-state index in [-0.39, 0.29) is 11.8 Å². The van der Waals surface area contributed by atoms with Crippen LogP contribution < -0.4 is 0 Å². The van der Waals surface area contributed by atoms with Crippen molar-refractivity contribution in [1.82, 2.24) is 14.5 Å². The van der Waals surface area contributed by atoms with Crippen molar-refractivity contribution in [2.75, 3.05) is 12.3 Å². The number of rotatable bonds is 3. The fraction of sp³-hybridized carbons (Fsp3) is 0.700. The lowest BCUT2D eigenvalue weighted by Crippen LogP contribution is -2.39. The smallest absolute Gasteiger partial charge is 0.214 e. The van der Waals surface area contributed by atoms with Gasteiger partial charge in [0.05, 0.1) is 27.3 Å². The molecule has 0 saturated carbocycles. The molecule has 1 N–H and O–H groups in total. The molecular formula is C10H16IN3O2S. The average molecular weight is 369 g/mol. The van der Waals surface area contributed by atoms with Crippen LogP contribution in [0.4, 0.5) is 0 Å². The fourth-order valence-corrected chi connectivity index (χ4v) is 4.16. The van der Waals surface area contributed by atoms with Crippen LogP contribution in [0.15, 0.2) is 6.20 Å². The maximum atomic E-state index is 12.1. The van der Waals surface area contributed by atoms with Crippen molar-refractivity contribution in [3.8, 4) is 0 Å². The third-order valence-corrected chi connectivity index (χ3v) is 5.87. The van der Waals surface area contributed by atoms with Crippen molar-refractivity contribution < 1.29 is 8.42 Å². The van der Waals surface area contributed by atoms with Gasteiger partial charge in [-0.1, -0.05) is 6.42 Å². The molecule has 0 aromatic carbocycles.